The molecule has 0 aliphatic carbocycles. The van der Waals surface area contributed by atoms with Gasteiger partial charge in [0.1, 0.15) is 23.8 Å². The first-order valence-corrected chi connectivity index (χ1v) is 21.9. The second kappa shape index (κ2) is 22.0. The number of aromatic nitrogens is 2. The van der Waals surface area contributed by atoms with Crippen LogP contribution in [-0.2, 0) is 21.8 Å². The molecule has 7 rings (SSSR count). The highest BCUT2D eigenvalue weighted by Gasteiger charge is 2.41. The second-order valence-electron chi connectivity index (χ2n) is 15.1. The van der Waals surface area contributed by atoms with Gasteiger partial charge in [0, 0.05) is 68.2 Å². The number of rotatable bonds is 8. The molecule has 0 bridgehead atoms. The van der Waals surface area contributed by atoms with E-state index in [0.717, 1.165) is 27.4 Å². The molecule has 4 heterocycles. The van der Waals surface area contributed by atoms with Crippen molar-refractivity contribution in [2.75, 3.05) is 86.0 Å². The molecule has 5 aromatic rings. The second-order valence-corrected chi connectivity index (χ2v) is 16.0. The number of pyridine rings is 2. The van der Waals surface area contributed by atoms with Crippen molar-refractivity contribution < 1.29 is 55.0 Å². The standard InChI is InChI=1S/C25H22F3N5O3.C21H19BrF3N5O3/c1-2-36-23(34)20-14-18(15-29)22(31-21(20)25(26,27)28)32-9-11-33(12-10-32)24(35)30-19-8-7-16-5-3-4-6-17(16)13-19;1-2-33-19(31)16-10-13(12-26)18(28-17(16)21(23,24)25)29-6-8-30(9-7-29)20(32)27-15-5-3-4-14(22)11-15/h3-8,13-14H,2,9-12H2,1H3,(H,30,35);3-5,10-11H,2,6-9H2,1H3,(H,27,32). The van der Waals surface area contributed by atoms with Gasteiger partial charge in [0.15, 0.2) is 11.4 Å². The quantitative estimate of drug-likeness (QED) is 0.111. The fourth-order valence-electron chi connectivity index (χ4n) is 7.30. The third-order valence-electron chi connectivity index (χ3n) is 10.6. The highest BCUT2D eigenvalue weighted by atomic mass is 79.9. The highest BCUT2D eigenvalue weighted by Crippen LogP contribution is 2.36. The van der Waals surface area contributed by atoms with E-state index >= 15 is 0 Å². The van der Waals surface area contributed by atoms with Crippen LogP contribution < -0.4 is 20.4 Å². The molecule has 2 N–H and O–H groups in total. The molecule has 0 spiro atoms. The minimum atomic E-state index is -4.92. The summed E-state index contributed by atoms with van der Waals surface area (Å²) in [6.07, 6.45) is -9.84. The number of piperazine rings is 2. The van der Waals surface area contributed by atoms with Crippen molar-refractivity contribution in [1.29, 1.82) is 10.5 Å². The van der Waals surface area contributed by atoms with Crippen LogP contribution in [0.3, 0.4) is 0 Å². The van der Waals surface area contributed by atoms with Crippen molar-refractivity contribution in [3.05, 3.63) is 117 Å². The molecule has 16 nitrogen and oxygen atoms in total. The fraction of sp³-hybridized carbons (Fsp3) is 0.304. The number of anilines is 4. The monoisotopic (exact) mass is 1020 g/mol. The first-order chi connectivity index (χ1) is 32.8. The lowest BCUT2D eigenvalue weighted by atomic mass is 10.1. The maximum Gasteiger partial charge on any atom is 0.434 e. The number of amides is 4. The van der Waals surface area contributed by atoms with Gasteiger partial charge in [-0.1, -0.05) is 52.3 Å². The lowest BCUT2D eigenvalue weighted by molar-refractivity contribution is -0.142. The van der Waals surface area contributed by atoms with Gasteiger partial charge in [-0.2, -0.15) is 36.9 Å². The molecular weight excluding hydrogens is 982 g/mol. The number of halogens is 7. The number of ether oxygens (including phenoxy) is 2. The van der Waals surface area contributed by atoms with E-state index in [1.54, 1.807) is 30.3 Å². The van der Waals surface area contributed by atoms with Crippen molar-refractivity contribution in [3.63, 3.8) is 0 Å². The number of esters is 2. The minimum Gasteiger partial charge on any atom is -0.462 e. The van der Waals surface area contributed by atoms with Crippen molar-refractivity contribution in [2.24, 2.45) is 0 Å². The number of fused-ring (bicyclic) bond motifs is 1. The summed E-state index contributed by atoms with van der Waals surface area (Å²) in [5, 5.41) is 26.6. The van der Waals surface area contributed by atoms with Gasteiger partial charge < -0.3 is 39.7 Å². The average Bonchev–Trinajstić information content (AvgIpc) is 3.33. The Hall–Kier alpha value is -7.66. The molecule has 3 aromatic carbocycles. The Morgan fingerprint density at radius 2 is 1.04 bits per heavy atom. The Kier molecular flexibility index (Phi) is 16.2. The van der Waals surface area contributed by atoms with Gasteiger partial charge in [0.2, 0.25) is 0 Å². The summed E-state index contributed by atoms with van der Waals surface area (Å²) in [4.78, 5) is 62.7. The number of carbonyl (C=O) groups excluding carboxylic acids is 4. The predicted octanol–water partition coefficient (Wildman–Crippen LogP) is 8.92. The van der Waals surface area contributed by atoms with E-state index in [1.807, 2.05) is 48.5 Å². The van der Waals surface area contributed by atoms with Crippen molar-refractivity contribution in [3.8, 4) is 12.1 Å². The number of alkyl halides is 6. The summed E-state index contributed by atoms with van der Waals surface area (Å²) in [5.74, 6) is -2.78. The summed E-state index contributed by atoms with van der Waals surface area (Å²) >= 11 is 3.32. The van der Waals surface area contributed by atoms with E-state index in [-0.39, 0.29) is 100 Å². The third-order valence-corrected chi connectivity index (χ3v) is 11.1. The number of hydrogen-bond donors (Lipinski definition) is 2. The first kappa shape index (κ1) is 50.7. The number of nitrogens with one attached hydrogen (secondary N) is 2. The highest BCUT2D eigenvalue weighted by molar-refractivity contribution is 9.10. The predicted molar refractivity (Wildman–Crippen MR) is 244 cm³/mol. The van der Waals surface area contributed by atoms with E-state index in [2.05, 4.69) is 41.3 Å². The van der Waals surface area contributed by atoms with Crippen molar-refractivity contribution in [1.82, 2.24) is 19.8 Å². The largest absolute Gasteiger partial charge is 0.462 e. The molecule has 2 fully saturated rings. The Morgan fingerprint density at radius 3 is 1.45 bits per heavy atom. The summed E-state index contributed by atoms with van der Waals surface area (Å²) in [6, 6.07) is 25.0. The van der Waals surface area contributed by atoms with Gasteiger partial charge in [-0.25, -0.2) is 29.1 Å². The molecule has 0 unspecified atom stereocenters. The van der Waals surface area contributed by atoms with Crippen molar-refractivity contribution in [2.45, 2.75) is 26.2 Å². The number of nitrogens with zero attached hydrogens (tertiary/aromatic N) is 8. The van der Waals surface area contributed by atoms with Gasteiger partial charge in [-0.3, -0.25) is 0 Å². The van der Waals surface area contributed by atoms with Crippen LogP contribution in [0.4, 0.5) is 58.9 Å². The average molecular weight is 1020 g/mol. The van der Waals surface area contributed by atoms with Crippen LogP contribution in [0.2, 0.25) is 0 Å². The zero-order chi connectivity index (χ0) is 50.0. The Bertz CT molecular complexity index is 2820. The zero-order valence-corrected chi connectivity index (χ0v) is 38.3. The minimum absolute atomic E-state index is 0.121. The third kappa shape index (κ3) is 12.5. The van der Waals surface area contributed by atoms with Gasteiger partial charge in [0.25, 0.3) is 0 Å². The molecule has 2 aliphatic rings. The SMILES string of the molecule is CCOC(=O)c1cc(C#N)c(N2CCN(C(=O)Nc3ccc4ccccc4c3)CC2)nc1C(F)(F)F.CCOC(=O)c1cc(C#N)c(N2CCN(C(=O)Nc3cccc(Br)c3)CC2)nc1C(F)(F)F. The molecule has 2 aliphatic heterocycles. The Morgan fingerprint density at radius 1 is 0.609 bits per heavy atom. The number of hydrogen-bond acceptors (Lipinski definition) is 12. The van der Waals surface area contributed by atoms with Crippen LogP contribution >= 0.6 is 15.9 Å². The van der Waals surface area contributed by atoms with Gasteiger partial charge >= 0.3 is 36.4 Å². The number of urea groups is 2. The zero-order valence-electron chi connectivity index (χ0n) is 36.7. The molecule has 23 heteroatoms. The molecule has 4 amide bonds. The number of carbonyl (C=O) groups is 4. The van der Waals surface area contributed by atoms with E-state index < -0.39 is 46.8 Å². The van der Waals surface area contributed by atoms with Crippen LogP contribution in [0.15, 0.2) is 83.3 Å². The first-order valence-electron chi connectivity index (χ1n) is 21.1. The normalized spacial score (nSPS) is 13.9. The van der Waals surface area contributed by atoms with E-state index in [1.165, 1.54) is 33.4 Å². The van der Waals surface area contributed by atoms with Crippen LogP contribution in [0.5, 0.6) is 0 Å². The molecular formula is C46H41BrF6N10O6. The molecule has 69 heavy (non-hydrogen) atoms. The number of benzene rings is 3. The fourth-order valence-corrected chi connectivity index (χ4v) is 7.70. The van der Waals surface area contributed by atoms with Gasteiger partial charge in [-0.05, 0) is 67.1 Å². The van der Waals surface area contributed by atoms with Gasteiger partial charge in [-0.15, -0.1) is 0 Å². The summed E-state index contributed by atoms with van der Waals surface area (Å²) in [7, 11) is 0. The summed E-state index contributed by atoms with van der Waals surface area (Å²) in [6.45, 7) is 4.12. The van der Waals surface area contributed by atoms with Crippen LogP contribution in [-0.4, -0.2) is 109 Å². The number of nitriles is 2. The molecule has 0 radical (unpaired) electrons. The van der Waals surface area contributed by atoms with Crippen LogP contribution in [0.25, 0.3) is 10.8 Å². The maximum atomic E-state index is 13.7. The van der Waals surface area contributed by atoms with Crippen molar-refractivity contribution >= 4 is 73.7 Å². The van der Waals surface area contributed by atoms with Gasteiger partial charge in [0.05, 0.1) is 35.5 Å². The topological polar surface area (TPSA) is 197 Å². The van der Waals surface area contributed by atoms with E-state index in [0.29, 0.717) is 11.4 Å². The maximum absolute atomic E-state index is 13.7. The molecule has 0 saturated carbocycles. The molecule has 360 valence electrons. The Labute approximate surface area is 399 Å². The summed E-state index contributed by atoms with van der Waals surface area (Å²) in [5.41, 5.74) is -3.59. The lowest BCUT2D eigenvalue weighted by Crippen LogP contribution is -2.50. The molecule has 2 aromatic heterocycles. The smallest absolute Gasteiger partial charge is 0.434 e. The Balaban J connectivity index is 0.000000228. The molecule has 2 saturated heterocycles. The van der Waals surface area contributed by atoms with Crippen LogP contribution in [0, 0.1) is 22.7 Å². The lowest BCUT2D eigenvalue weighted by Gasteiger charge is -2.36. The van der Waals surface area contributed by atoms with Crippen LogP contribution in [0.1, 0.15) is 57.1 Å². The molecule has 0 atom stereocenters. The summed E-state index contributed by atoms with van der Waals surface area (Å²) < 4.78 is 92.0. The van der Waals surface area contributed by atoms with E-state index in [9.17, 15) is 56.0 Å². The van der Waals surface area contributed by atoms with E-state index in [4.69, 9.17) is 4.74 Å².